The van der Waals surface area contributed by atoms with Gasteiger partial charge in [-0.15, -0.1) is 0 Å². The summed E-state index contributed by atoms with van der Waals surface area (Å²) in [5.74, 6) is 1.64. The van der Waals surface area contributed by atoms with E-state index in [1.807, 2.05) is 13.0 Å². The summed E-state index contributed by atoms with van der Waals surface area (Å²) in [5, 5.41) is 0. The van der Waals surface area contributed by atoms with Gasteiger partial charge < -0.3 is 0 Å². The quantitative estimate of drug-likeness (QED) is 0.668. The number of carbonyl (C=O) groups excluding carboxylic acids is 2. The first-order valence-corrected chi connectivity index (χ1v) is 9.20. The molecular weight excluding hydrogens is 291 g/mol. The van der Waals surface area contributed by atoms with Crippen LogP contribution in [0.3, 0.4) is 0 Å². The van der Waals surface area contributed by atoms with Crippen molar-refractivity contribution in [2.45, 2.75) is 65.5 Å². The van der Waals surface area contributed by atoms with E-state index in [9.17, 15) is 14.0 Å². The van der Waals surface area contributed by atoms with Crippen molar-refractivity contribution >= 4 is 11.6 Å². The minimum Gasteiger partial charge on any atom is -0.296 e. The highest BCUT2D eigenvalue weighted by molar-refractivity contribution is 5.92. The van der Waals surface area contributed by atoms with Gasteiger partial charge in [-0.1, -0.05) is 26.3 Å². The molecule has 6 unspecified atom stereocenters. The Morgan fingerprint density at radius 2 is 1.83 bits per heavy atom. The number of allylic oxidation sites excluding steroid dienone is 1. The molecule has 3 fully saturated rings. The third-order valence-electron chi connectivity index (χ3n) is 7.98. The zero-order valence-electron chi connectivity index (χ0n) is 14.4. The highest BCUT2D eigenvalue weighted by Crippen LogP contribution is 2.65. The lowest BCUT2D eigenvalue weighted by atomic mass is 9.46. The second kappa shape index (κ2) is 4.77. The molecule has 0 bridgehead atoms. The molecule has 0 saturated heterocycles. The van der Waals surface area contributed by atoms with Crippen molar-refractivity contribution in [2.75, 3.05) is 0 Å². The lowest BCUT2D eigenvalue weighted by molar-refractivity contribution is -0.135. The first-order valence-electron chi connectivity index (χ1n) is 9.20. The van der Waals surface area contributed by atoms with Crippen LogP contribution in [0.5, 0.6) is 0 Å². The Morgan fingerprint density at radius 1 is 1.09 bits per heavy atom. The SMILES string of the molecule is CC1CC2C3C[C@@H](F)C(=O)C3(C)CCC2C2(C)CCC(=O)C=C12. The van der Waals surface area contributed by atoms with Gasteiger partial charge in [-0.2, -0.15) is 0 Å². The van der Waals surface area contributed by atoms with E-state index in [0.29, 0.717) is 30.6 Å². The summed E-state index contributed by atoms with van der Waals surface area (Å²) in [6.07, 6.45) is 5.50. The molecule has 0 aromatic carbocycles. The molecule has 3 saturated carbocycles. The molecule has 0 aromatic heterocycles. The predicted molar refractivity (Wildman–Crippen MR) is 86.5 cm³/mol. The standard InChI is InChI=1S/C20H27FO2/c1-11-8-13-14(19(2)6-4-12(22)9-15(11)19)5-7-20(3)16(13)10-17(21)18(20)23/h9,11,13-14,16-17H,4-8,10H2,1-3H3/t11?,13?,14?,16?,17-,19?,20?/m1/s1. The molecule has 0 aliphatic heterocycles. The minimum absolute atomic E-state index is 0.0784. The van der Waals surface area contributed by atoms with Gasteiger partial charge in [-0.05, 0) is 67.3 Å². The Bertz CT molecular complexity index is 609. The summed E-state index contributed by atoms with van der Waals surface area (Å²) in [7, 11) is 0. The van der Waals surface area contributed by atoms with E-state index in [1.165, 1.54) is 5.57 Å². The summed E-state index contributed by atoms with van der Waals surface area (Å²) in [6, 6.07) is 0. The van der Waals surface area contributed by atoms with Crippen LogP contribution in [0.15, 0.2) is 11.6 Å². The van der Waals surface area contributed by atoms with Crippen molar-refractivity contribution in [1.82, 2.24) is 0 Å². The van der Waals surface area contributed by atoms with Crippen LogP contribution in [0.25, 0.3) is 0 Å². The average Bonchev–Trinajstić information content (AvgIpc) is 2.73. The second-order valence-corrected chi connectivity index (χ2v) is 9.02. The first kappa shape index (κ1) is 15.5. The topological polar surface area (TPSA) is 34.1 Å². The summed E-state index contributed by atoms with van der Waals surface area (Å²) in [4.78, 5) is 24.3. The van der Waals surface area contributed by atoms with E-state index >= 15 is 0 Å². The maximum Gasteiger partial charge on any atom is 0.173 e. The van der Waals surface area contributed by atoms with Crippen molar-refractivity contribution in [3.63, 3.8) is 0 Å². The number of Topliss-reactive ketones (excluding diaryl/α,β-unsaturated/α-hetero) is 1. The Kier molecular flexibility index (Phi) is 3.22. The minimum atomic E-state index is -1.25. The van der Waals surface area contributed by atoms with Gasteiger partial charge in [-0.25, -0.2) is 4.39 Å². The van der Waals surface area contributed by atoms with Crippen LogP contribution in [-0.2, 0) is 9.59 Å². The highest BCUT2D eigenvalue weighted by atomic mass is 19.1. The summed E-state index contributed by atoms with van der Waals surface area (Å²) >= 11 is 0. The van der Waals surface area contributed by atoms with Crippen molar-refractivity contribution < 1.29 is 14.0 Å². The molecule has 0 radical (unpaired) electrons. The molecule has 4 aliphatic carbocycles. The van der Waals surface area contributed by atoms with Gasteiger partial charge in [0, 0.05) is 11.8 Å². The van der Waals surface area contributed by atoms with Crippen molar-refractivity contribution in [3.05, 3.63) is 11.6 Å². The smallest absolute Gasteiger partial charge is 0.173 e. The average molecular weight is 318 g/mol. The lowest BCUT2D eigenvalue weighted by Crippen LogP contribution is -2.52. The third kappa shape index (κ3) is 1.91. The molecule has 0 amide bonds. The molecule has 3 heteroatoms. The molecule has 4 aliphatic rings. The lowest BCUT2D eigenvalue weighted by Gasteiger charge is -2.58. The Morgan fingerprint density at radius 3 is 2.57 bits per heavy atom. The van der Waals surface area contributed by atoms with Crippen LogP contribution in [0.4, 0.5) is 4.39 Å². The van der Waals surface area contributed by atoms with Crippen LogP contribution in [0, 0.1) is 34.5 Å². The van der Waals surface area contributed by atoms with Gasteiger partial charge in [0.05, 0.1) is 0 Å². The predicted octanol–water partition coefficient (Wildman–Crippen LogP) is 4.28. The Hall–Kier alpha value is -0.990. The van der Waals surface area contributed by atoms with Crippen LogP contribution < -0.4 is 0 Å². The number of halogens is 1. The van der Waals surface area contributed by atoms with Gasteiger partial charge in [0.25, 0.3) is 0 Å². The summed E-state index contributed by atoms with van der Waals surface area (Å²) < 4.78 is 14.2. The molecule has 2 nitrogen and oxygen atoms in total. The molecular formula is C20H27FO2. The molecule has 0 heterocycles. The first-order chi connectivity index (χ1) is 10.8. The van der Waals surface area contributed by atoms with E-state index in [2.05, 4.69) is 13.8 Å². The van der Waals surface area contributed by atoms with Crippen molar-refractivity contribution in [1.29, 1.82) is 0 Å². The fraction of sp³-hybridized carbons (Fsp3) is 0.800. The number of rotatable bonds is 0. The summed E-state index contributed by atoms with van der Waals surface area (Å²) in [5.41, 5.74) is 0.969. The van der Waals surface area contributed by atoms with Crippen LogP contribution in [0.1, 0.15) is 59.3 Å². The fourth-order valence-electron chi connectivity index (χ4n) is 6.73. The summed E-state index contributed by atoms with van der Waals surface area (Å²) in [6.45, 7) is 6.55. The van der Waals surface area contributed by atoms with Gasteiger partial charge >= 0.3 is 0 Å². The molecule has 0 spiro atoms. The number of fused-ring (bicyclic) bond motifs is 5. The van der Waals surface area contributed by atoms with Crippen LogP contribution >= 0.6 is 0 Å². The highest BCUT2D eigenvalue weighted by Gasteiger charge is 2.62. The van der Waals surface area contributed by atoms with Crippen molar-refractivity contribution in [3.8, 4) is 0 Å². The van der Waals surface area contributed by atoms with Gasteiger partial charge in [0.2, 0.25) is 0 Å². The maximum atomic E-state index is 14.2. The van der Waals surface area contributed by atoms with Gasteiger partial charge in [0.1, 0.15) is 0 Å². The normalized spacial score (nSPS) is 52.5. The Balaban J connectivity index is 1.74. The van der Waals surface area contributed by atoms with E-state index in [-0.39, 0.29) is 22.9 Å². The van der Waals surface area contributed by atoms with E-state index in [0.717, 1.165) is 25.7 Å². The third-order valence-corrected chi connectivity index (χ3v) is 7.98. The van der Waals surface area contributed by atoms with Crippen LogP contribution in [-0.4, -0.2) is 17.7 Å². The maximum absolute atomic E-state index is 14.2. The van der Waals surface area contributed by atoms with E-state index in [4.69, 9.17) is 0 Å². The zero-order chi connectivity index (χ0) is 16.6. The zero-order valence-corrected chi connectivity index (χ0v) is 14.4. The number of hydrogen-bond acceptors (Lipinski definition) is 2. The van der Waals surface area contributed by atoms with Gasteiger partial charge in [0.15, 0.2) is 17.7 Å². The molecule has 23 heavy (non-hydrogen) atoms. The largest absolute Gasteiger partial charge is 0.296 e. The van der Waals surface area contributed by atoms with E-state index < -0.39 is 11.6 Å². The number of ketones is 2. The second-order valence-electron chi connectivity index (χ2n) is 9.02. The molecule has 4 rings (SSSR count). The van der Waals surface area contributed by atoms with Crippen molar-refractivity contribution in [2.24, 2.45) is 34.5 Å². The Labute approximate surface area is 137 Å². The number of carbonyl (C=O) groups is 2. The van der Waals surface area contributed by atoms with E-state index in [1.54, 1.807) is 0 Å². The van der Waals surface area contributed by atoms with Crippen LogP contribution in [0.2, 0.25) is 0 Å². The molecule has 126 valence electrons. The molecule has 0 N–H and O–H groups in total. The molecule has 0 aromatic rings. The number of alkyl halides is 1. The number of hydrogen-bond donors (Lipinski definition) is 0. The monoisotopic (exact) mass is 318 g/mol. The fourth-order valence-corrected chi connectivity index (χ4v) is 6.73. The van der Waals surface area contributed by atoms with Gasteiger partial charge in [-0.3, -0.25) is 9.59 Å². The molecule has 7 atom stereocenters.